The number of rotatable bonds is 5. The SMILES string of the molecule is CCN(CCN)CC(=O)N(C)C. The molecule has 0 bridgehead atoms. The van der Waals surface area contributed by atoms with Crippen molar-refractivity contribution in [3.63, 3.8) is 0 Å². The van der Waals surface area contributed by atoms with E-state index in [0.29, 0.717) is 13.1 Å². The van der Waals surface area contributed by atoms with Gasteiger partial charge in [0.2, 0.25) is 5.91 Å². The molecule has 0 radical (unpaired) electrons. The van der Waals surface area contributed by atoms with Gasteiger partial charge in [-0.15, -0.1) is 0 Å². The van der Waals surface area contributed by atoms with Crippen LogP contribution in [-0.4, -0.2) is 56.0 Å². The Balaban J connectivity index is 3.77. The van der Waals surface area contributed by atoms with Gasteiger partial charge >= 0.3 is 0 Å². The molecule has 0 saturated heterocycles. The molecule has 0 saturated carbocycles. The van der Waals surface area contributed by atoms with Crippen LogP contribution in [0.5, 0.6) is 0 Å². The predicted octanol–water partition coefficient (Wildman–Crippen LogP) is -0.645. The van der Waals surface area contributed by atoms with E-state index in [9.17, 15) is 4.79 Å². The summed E-state index contributed by atoms with van der Waals surface area (Å²) < 4.78 is 0. The van der Waals surface area contributed by atoms with Gasteiger partial charge in [0.25, 0.3) is 0 Å². The molecule has 0 rings (SSSR count). The fourth-order valence-corrected chi connectivity index (χ4v) is 0.864. The van der Waals surface area contributed by atoms with Gasteiger partial charge in [-0.2, -0.15) is 0 Å². The van der Waals surface area contributed by atoms with E-state index in [1.807, 2.05) is 11.8 Å². The number of amides is 1. The highest BCUT2D eigenvalue weighted by Gasteiger charge is 2.08. The molecule has 4 nitrogen and oxygen atoms in total. The lowest BCUT2D eigenvalue weighted by Crippen LogP contribution is -2.38. The summed E-state index contributed by atoms with van der Waals surface area (Å²) in [5.74, 6) is 0.130. The zero-order chi connectivity index (χ0) is 9.56. The van der Waals surface area contributed by atoms with E-state index in [2.05, 4.69) is 0 Å². The van der Waals surface area contributed by atoms with Crippen LogP contribution in [0.3, 0.4) is 0 Å². The third-order valence-corrected chi connectivity index (χ3v) is 1.75. The highest BCUT2D eigenvalue weighted by Crippen LogP contribution is 1.88. The van der Waals surface area contributed by atoms with Crippen molar-refractivity contribution in [3.05, 3.63) is 0 Å². The standard InChI is InChI=1S/C8H19N3O/c1-4-11(6-5-9)7-8(12)10(2)3/h4-7,9H2,1-3H3. The monoisotopic (exact) mass is 173 g/mol. The molecule has 72 valence electrons. The fourth-order valence-electron chi connectivity index (χ4n) is 0.864. The molecule has 4 heteroatoms. The lowest BCUT2D eigenvalue weighted by atomic mass is 10.4. The van der Waals surface area contributed by atoms with Crippen molar-refractivity contribution in [1.29, 1.82) is 0 Å². The van der Waals surface area contributed by atoms with Crippen molar-refractivity contribution >= 4 is 5.91 Å². The molecular formula is C8H19N3O. The summed E-state index contributed by atoms with van der Waals surface area (Å²) in [5.41, 5.74) is 5.39. The average Bonchev–Trinajstić information content (AvgIpc) is 2.03. The van der Waals surface area contributed by atoms with Crippen molar-refractivity contribution in [2.45, 2.75) is 6.92 Å². The zero-order valence-corrected chi connectivity index (χ0v) is 8.21. The summed E-state index contributed by atoms with van der Waals surface area (Å²) in [4.78, 5) is 14.9. The summed E-state index contributed by atoms with van der Waals surface area (Å²) in [6.45, 7) is 4.76. The van der Waals surface area contributed by atoms with E-state index in [4.69, 9.17) is 5.73 Å². The molecule has 0 spiro atoms. The number of carbonyl (C=O) groups is 1. The fraction of sp³-hybridized carbons (Fsp3) is 0.875. The minimum absolute atomic E-state index is 0.130. The molecule has 0 heterocycles. The highest BCUT2D eigenvalue weighted by atomic mass is 16.2. The second-order valence-electron chi connectivity index (χ2n) is 2.95. The molecule has 0 fully saturated rings. The first-order valence-electron chi connectivity index (χ1n) is 4.24. The first-order valence-corrected chi connectivity index (χ1v) is 4.24. The van der Waals surface area contributed by atoms with Crippen molar-refractivity contribution in [2.75, 3.05) is 40.3 Å². The maximum atomic E-state index is 11.2. The van der Waals surface area contributed by atoms with Crippen LogP contribution in [0, 0.1) is 0 Å². The number of hydrogen-bond donors (Lipinski definition) is 1. The molecule has 2 N–H and O–H groups in total. The van der Waals surface area contributed by atoms with Crippen LogP contribution in [0.4, 0.5) is 0 Å². The molecule has 0 aliphatic carbocycles. The Morgan fingerprint density at radius 1 is 1.42 bits per heavy atom. The van der Waals surface area contributed by atoms with Gasteiger partial charge in [-0.05, 0) is 6.54 Å². The van der Waals surface area contributed by atoms with Gasteiger partial charge < -0.3 is 10.6 Å². The van der Waals surface area contributed by atoms with Crippen molar-refractivity contribution < 1.29 is 4.79 Å². The van der Waals surface area contributed by atoms with Gasteiger partial charge in [-0.3, -0.25) is 9.69 Å². The summed E-state index contributed by atoms with van der Waals surface area (Å²) in [7, 11) is 3.53. The molecule has 1 amide bonds. The Hall–Kier alpha value is -0.610. The molecular weight excluding hydrogens is 154 g/mol. The quantitative estimate of drug-likeness (QED) is 0.601. The van der Waals surface area contributed by atoms with Gasteiger partial charge in [0.15, 0.2) is 0 Å². The largest absolute Gasteiger partial charge is 0.348 e. The summed E-state index contributed by atoms with van der Waals surface area (Å²) >= 11 is 0. The molecule has 0 aliphatic rings. The first-order chi connectivity index (χ1) is 5.61. The number of likely N-dealkylation sites (N-methyl/N-ethyl adjacent to an activating group) is 2. The second-order valence-corrected chi connectivity index (χ2v) is 2.95. The van der Waals surface area contributed by atoms with E-state index in [-0.39, 0.29) is 5.91 Å². The number of carbonyl (C=O) groups excluding carboxylic acids is 1. The third kappa shape index (κ3) is 4.31. The van der Waals surface area contributed by atoms with Crippen LogP contribution in [0.1, 0.15) is 6.92 Å². The first kappa shape index (κ1) is 11.4. The second kappa shape index (κ2) is 5.97. The molecule has 0 unspecified atom stereocenters. The Labute approximate surface area is 74.3 Å². The minimum atomic E-state index is 0.130. The van der Waals surface area contributed by atoms with E-state index in [1.165, 1.54) is 0 Å². The van der Waals surface area contributed by atoms with Crippen molar-refractivity contribution in [1.82, 2.24) is 9.80 Å². The summed E-state index contributed by atoms with van der Waals surface area (Å²) in [6.07, 6.45) is 0. The maximum Gasteiger partial charge on any atom is 0.236 e. The van der Waals surface area contributed by atoms with E-state index >= 15 is 0 Å². The lowest BCUT2D eigenvalue weighted by Gasteiger charge is -2.20. The van der Waals surface area contributed by atoms with Crippen LogP contribution >= 0.6 is 0 Å². The van der Waals surface area contributed by atoms with Crippen molar-refractivity contribution in [3.8, 4) is 0 Å². The minimum Gasteiger partial charge on any atom is -0.348 e. The van der Waals surface area contributed by atoms with Gasteiger partial charge in [-0.25, -0.2) is 0 Å². The van der Waals surface area contributed by atoms with E-state index in [0.717, 1.165) is 13.1 Å². The van der Waals surface area contributed by atoms with Crippen LogP contribution < -0.4 is 5.73 Å². The molecule has 12 heavy (non-hydrogen) atoms. The predicted molar refractivity (Wildman–Crippen MR) is 49.9 cm³/mol. The van der Waals surface area contributed by atoms with Crippen molar-refractivity contribution in [2.24, 2.45) is 5.73 Å². The Morgan fingerprint density at radius 3 is 2.33 bits per heavy atom. The molecule has 0 atom stereocenters. The van der Waals surface area contributed by atoms with Gasteiger partial charge in [0.05, 0.1) is 6.54 Å². The zero-order valence-electron chi connectivity index (χ0n) is 8.21. The van der Waals surface area contributed by atoms with Crippen LogP contribution in [-0.2, 0) is 4.79 Å². The smallest absolute Gasteiger partial charge is 0.236 e. The summed E-state index contributed by atoms with van der Waals surface area (Å²) in [6, 6.07) is 0. The van der Waals surface area contributed by atoms with Crippen LogP contribution in [0.2, 0.25) is 0 Å². The van der Waals surface area contributed by atoms with E-state index in [1.54, 1.807) is 19.0 Å². The molecule has 0 aliphatic heterocycles. The molecule has 0 aromatic carbocycles. The Bertz CT molecular complexity index is 136. The van der Waals surface area contributed by atoms with Crippen LogP contribution in [0.25, 0.3) is 0 Å². The van der Waals surface area contributed by atoms with Crippen LogP contribution in [0.15, 0.2) is 0 Å². The topological polar surface area (TPSA) is 49.6 Å². The highest BCUT2D eigenvalue weighted by molar-refractivity contribution is 5.77. The average molecular weight is 173 g/mol. The third-order valence-electron chi connectivity index (χ3n) is 1.75. The van der Waals surface area contributed by atoms with E-state index < -0.39 is 0 Å². The molecule has 0 aromatic rings. The number of nitrogens with zero attached hydrogens (tertiary/aromatic N) is 2. The van der Waals surface area contributed by atoms with Gasteiger partial charge in [0, 0.05) is 27.2 Å². The number of hydrogen-bond acceptors (Lipinski definition) is 3. The molecule has 0 aromatic heterocycles. The van der Waals surface area contributed by atoms with Gasteiger partial charge in [0.1, 0.15) is 0 Å². The maximum absolute atomic E-state index is 11.2. The lowest BCUT2D eigenvalue weighted by molar-refractivity contribution is -0.129. The Morgan fingerprint density at radius 2 is 2.00 bits per heavy atom. The normalized spacial score (nSPS) is 10.4. The number of nitrogens with two attached hydrogens (primary N) is 1. The van der Waals surface area contributed by atoms with Gasteiger partial charge in [-0.1, -0.05) is 6.92 Å². The Kier molecular flexibility index (Phi) is 5.66. The summed E-state index contributed by atoms with van der Waals surface area (Å²) in [5, 5.41) is 0.